The van der Waals surface area contributed by atoms with Crippen molar-refractivity contribution < 1.29 is 14.6 Å². The lowest BCUT2D eigenvalue weighted by Crippen LogP contribution is -2.05. The quantitative estimate of drug-likeness (QED) is 0.228. The van der Waals surface area contributed by atoms with Crippen molar-refractivity contribution in [1.82, 2.24) is 0 Å². The van der Waals surface area contributed by atoms with Crippen molar-refractivity contribution in [1.29, 1.82) is 0 Å². The van der Waals surface area contributed by atoms with Crippen LogP contribution < -0.4 is 0 Å². The average molecular weight is 477 g/mol. The van der Waals surface area contributed by atoms with Gasteiger partial charge in [0.1, 0.15) is 6.61 Å². The summed E-state index contributed by atoms with van der Waals surface area (Å²) in [4.78, 5) is 0. The van der Waals surface area contributed by atoms with Gasteiger partial charge in [0, 0.05) is 6.08 Å². The van der Waals surface area contributed by atoms with E-state index < -0.39 is 0 Å². The average Bonchev–Trinajstić information content (AvgIpc) is 3.32. The van der Waals surface area contributed by atoms with Gasteiger partial charge in [-0.15, -0.1) is 0 Å². The van der Waals surface area contributed by atoms with E-state index in [2.05, 4.69) is 56.3 Å². The summed E-state index contributed by atoms with van der Waals surface area (Å²) in [6, 6.07) is 30.6. The molecule has 5 rings (SSSR count). The number of benzene rings is 4. The Labute approximate surface area is 213 Å². The van der Waals surface area contributed by atoms with Gasteiger partial charge >= 0.3 is 0 Å². The molecule has 0 radical (unpaired) electrons. The molecule has 4 aromatic rings. The lowest BCUT2D eigenvalue weighted by molar-refractivity contribution is 0.0212. The molecular formula is C33H32O3. The van der Waals surface area contributed by atoms with Crippen LogP contribution in [0, 0.1) is 5.92 Å². The molecule has 182 valence electrons. The maximum absolute atomic E-state index is 8.34. The molecule has 3 nitrogen and oxygen atoms in total. The largest absolute Gasteiger partial charge is 0.516 e. The normalized spacial score (nSPS) is 12.1. The van der Waals surface area contributed by atoms with Crippen molar-refractivity contribution in [2.24, 2.45) is 5.92 Å². The summed E-state index contributed by atoms with van der Waals surface area (Å²) in [5, 5.41) is 10.9. The Morgan fingerprint density at radius 3 is 2.17 bits per heavy atom. The van der Waals surface area contributed by atoms with Gasteiger partial charge in [0.05, 0.1) is 12.9 Å². The molecule has 0 saturated carbocycles. The first-order valence-corrected chi connectivity index (χ1v) is 12.2. The Bertz CT molecular complexity index is 1350. The van der Waals surface area contributed by atoms with Crippen LogP contribution in [-0.2, 0) is 16.1 Å². The van der Waals surface area contributed by atoms with Crippen LogP contribution in [0.5, 0.6) is 0 Å². The lowest BCUT2D eigenvalue weighted by Gasteiger charge is -2.15. The van der Waals surface area contributed by atoms with Crippen molar-refractivity contribution in [3.63, 3.8) is 0 Å². The van der Waals surface area contributed by atoms with Crippen LogP contribution >= 0.6 is 0 Å². The molecule has 0 heterocycles. The predicted molar refractivity (Wildman–Crippen MR) is 151 cm³/mol. The van der Waals surface area contributed by atoms with Crippen LogP contribution in [0.1, 0.15) is 41.7 Å². The summed E-state index contributed by atoms with van der Waals surface area (Å²) in [7, 11) is 0. The Balaban J connectivity index is 0.000000286. The molecule has 0 atom stereocenters. The minimum Gasteiger partial charge on any atom is -0.516 e. The first-order chi connectivity index (χ1) is 17.6. The Morgan fingerprint density at radius 2 is 1.47 bits per heavy atom. The molecule has 1 aliphatic carbocycles. The van der Waals surface area contributed by atoms with Crippen LogP contribution in [0.15, 0.2) is 103 Å². The van der Waals surface area contributed by atoms with E-state index in [1.54, 1.807) is 6.08 Å². The van der Waals surface area contributed by atoms with Gasteiger partial charge in [-0.05, 0) is 62.7 Å². The molecule has 3 heteroatoms. The molecule has 4 aromatic carbocycles. The third-order valence-electron chi connectivity index (χ3n) is 5.63. The number of hydrogen-bond donors (Lipinski definition) is 1. The number of aliphatic hydroxyl groups excluding tert-OH is 1. The Morgan fingerprint density at radius 1 is 0.778 bits per heavy atom. The minimum atomic E-state index is 0.442. The second-order valence-corrected chi connectivity index (χ2v) is 9.06. The molecule has 0 unspecified atom stereocenters. The molecule has 0 amide bonds. The van der Waals surface area contributed by atoms with Crippen LogP contribution in [0.25, 0.3) is 35.1 Å². The standard InChI is InChI=1S/C25H24O2.C8H8O/c1-18(2)16-26-24(15-19-7-4-3-5-8-19)27-17-20-13-22-10-6-9-21-11-12-23(14-20)25(21)22;9-7-6-8-4-2-1-3-5-8/h3-15,18H,16-17H2,1-2H3;1-7,9H. The highest BCUT2D eigenvalue weighted by Crippen LogP contribution is 2.32. The molecule has 0 saturated heterocycles. The monoisotopic (exact) mass is 476 g/mol. The van der Waals surface area contributed by atoms with Gasteiger partial charge in [-0.3, -0.25) is 0 Å². The second-order valence-electron chi connectivity index (χ2n) is 9.06. The summed E-state index contributed by atoms with van der Waals surface area (Å²) in [5.74, 6) is 1.01. The zero-order valence-electron chi connectivity index (χ0n) is 20.8. The van der Waals surface area contributed by atoms with Gasteiger partial charge in [-0.1, -0.05) is 105 Å². The third kappa shape index (κ3) is 6.89. The summed E-state index contributed by atoms with van der Waals surface area (Å²) in [6.07, 6.45) is 8.99. The first-order valence-electron chi connectivity index (χ1n) is 12.2. The van der Waals surface area contributed by atoms with E-state index in [1.807, 2.05) is 66.7 Å². The summed E-state index contributed by atoms with van der Waals surface area (Å²) in [5.41, 5.74) is 5.78. The molecule has 1 aliphatic rings. The van der Waals surface area contributed by atoms with Crippen LogP contribution in [0.3, 0.4) is 0 Å². The zero-order chi connectivity index (χ0) is 25.2. The van der Waals surface area contributed by atoms with E-state index in [-0.39, 0.29) is 0 Å². The molecular weight excluding hydrogens is 444 g/mol. The molecule has 0 aromatic heterocycles. The molecule has 1 N–H and O–H groups in total. The minimum absolute atomic E-state index is 0.442. The highest BCUT2D eigenvalue weighted by molar-refractivity contribution is 6.05. The number of hydrogen-bond acceptors (Lipinski definition) is 3. The van der Waals surface area contributed by atoms with Gasteiger partial charge in [0.2, 0.25) is 0 Å². The number of ether oxygens (including phenoxy) is 2. The van der Waals surface area contributed by atoms with Gasteiger partial charge in [-0.25, -0.2) is 0 Å². The van der Waals surface area contributed by atoms with Crippen LogP contribution in [0.4, 0.5) is 0 Å². The van der Waals surface area contributed by atoms with E-state index in [9.17, 15) is 0 Å². The van der Waals surface area contributed by atoms with E-state index in [0.717, 1.165) is 23.0 Å². The predicted octanol–water partition coefficient (Wildman–Crippen LogP) is 8.73. The van der Waals surface area contributed by atoms with E-state index in [1.165, 1.54) is 21.9 Å². The third-order valence-corrected chi connectivity index (χ3v) is 5.63. The zero-order valence-corrected chi connectivity index (χ0v) is 20.8. The van der Waals surface area contributed by atoms with Gasteiger partial charge in [0.15, 0.2) is 0 Å². The summed E-state index contributed by atoms with van der Waals surface area (Å²) in [6.45, 7) is 5.38. The van der Waals surface area contributed by atoms with Crippen molar-refractivity contribution in [3.8, 4) is 0 Å². The molecule has 0 fully saturated rings. The van der Waals surface area contributed by atoms with Crippen molar-refractivity contribution in [3.05, 3.63) is 131 Å². The topological polar surface area (TPSA) is 38.7 Å². The summed E-state index contributed by atoms with van der Waals surface area (Å²) < 4.78 is 12.0. The van der Waals surface area contributed by atoms with E-state index >= 15 is 0 Å². The van der Waals surface area contributed by atoms with Gasteiger partial charge in [-0.2, -0.15) is 0 Å². The fourth-order valence-corrected chi connectivity index (χ4v) is 3.95. The highest BCUT2D eigenvalue weighted by atomic mass is 16.7. The van der Waals surface area contributed by atoms with Crippen LogP contribution in [-0.4, -0.2) is 11.7 Å². The first kappa shape index (κ1) is 24.9. The molecule has 36 heavy (non-hydrogen) atoms. The van der Waals surface area contributed by atoms with Gasteiger partial charge in [0.25, 0.3) is 5.95 Å². The Hall–Kier alpha value is -4.24. The van der Waals surface area contributed by atoms with Crippen LogP contribution in [0.2, 0.25) is 0 Å². The lowest BCUT2D eigenvalue weighted by atomic mass is 10.0. The van der Waals surface area contributed by atoms with E-state index in [4.69, 9.17) is 14.6 Å². The summed E-state index contributed by atoms with van der Waals surface area (Å²) >= 11 is 0. The van der Waals surface area contributed by atoms with Crippen molar-refractivity contribution in [2.45, 2.75) is 20.5 Å². The van der Waals surface area contributed by atoms with E-state index in [0.29, 0.717) is 25.1 Å². The maximum atomic E-state index is 8.34. The second kappa shape index (κ2) is 12.5. The Kier molecular flexibility index (Phi) is 8.61. The van der Waals surface area contributed by atoms with Crippen molar-refractivity contribution >= 4 is 35.1 Å². The fraction of sp³-hybridized carbons (Fsp3) is 0.152. The highest BCUT2D eigenvalue weighted by Gasteiger charge is 2.11. The molecule has 0 aliphatic heterocycles. The number of rotatable bonds is 8. The maximum Gasteiger partial charge on any atom is 0.280 e. The van der Waals surface area contributed by atoms with Crippen molar-refractivity contribution in [2.75, 3.05) is 6.61 Å². The smallest absolute Gasteiger partial charge is 0.280 e. The SMILES string of the molecule is CC(C)COC(=Cc1ccccc1)OCc1cc2c3c(cccc3c1)C=C2.OC=Cc1ccccc1. The van der Waals surface area contributed by atoms with Gasteiger partial charge < -0.3 is 14.6 Å². The molecule has 0 spiro atoms. The molecule has 0 bridgehead atoms. The fourth-order valence-electron chi connectivity index (χ4n) is 3.95. The number of aliphatic hydroxyl groups is 1.